The van der Waals surface area contributed by atoms with Gasteiger partial charge >= 0.3 is 0 Å². The molecule has 1 unspecified atom stereocenters. The number of hydrogen-bond acceptors (Lipinski definition) is 3. The van der Waals surface area contributed by atoms with Crippen molar-refractivity contribution in [2.24, 2.45) is 0 Å². The summed E-state index contributed by atoms with van der Waals surface area (Å²) in [4.78, 5) is 0.274. The fourth-order valence-corrected chi connectivity index (χ4v) is 4.30. The van der Waals surface area contributed by atoms with E-state index in [1.165, 1.54) is 4.31 Å². The maximum absolute atomic E-state index is 12.9. The molecule has 0 bridgehead atoms. The van der Waals surface area contributed by atoms with Gasteiger partial charge in [0, 0.05) is 17.7 Å². The first kappa shape index (κ1) is 15.3. The quantitative estimate of drug-likeness (QED) is 0.860. The zero-order valence-corrected chi connectivity index (χ0v) is 13.9. The third kappa shape index (κ3) is 2.49. The standard InChI is InChI=1S/C16H16ClNO3S/c1-11-3-6-13(7-4-11)22(19,20)18-10-16(21-2)14-9-12(17)5-8-15(14)18/h3-9,16H,10H2,1-2H3. The topological polar surface area (TPSA) is 46.6 Å². The molecule has 1 heterocycles. The van der Waals surface area contributed by atoms with Crippen molar-refractivity contribution in [1.82, 2.24) is 0 Å². The Morgan fingerprint density at radius 1 is 1.18 bits per heavy atom. The summed E-state index contributed by atoms with van der Waals surface area (Å²) in [7, 11) is -2.05. The van der Waals surface area contributed by atoms with Crippen LogP contribution in [0.5, 0.6) is 0 Å². The summed E-state index contributed by atoms with van der Waals surface area (Å²) >= 11 is 6.02. The van der Waals surface area contributed by atoms with E-state index >= 15 is 0 Å². The smallest absolute Gasteiger partial charge is 0.264 e. The predicted molar refractivity (Wildman–Crippen MR) is 86.9 cm³/mol. The third-order valence-electron chi connectivity index (χ3n) is 3.83. The van der Waals surface area contributed by atoms with Crippen molar-refractivity contribution >= 4 is 27.3 Å². The van der Waals surface area contributed by atoms with E-state index in [1.807, 2.05) is 6.92 Å². The first-order valence-corrected chi connectivity index (χ1v) is 8.67. The molecule has 3 rings (SSSR count). The molecule has 4 nitrogen and oxygen atoms in total. The van der Waals surface area contributed by atoms with Crippen molar-refractivity contribution in [3.05, 3.63) is 58.6 Å². The molecule has 22 heavy (non-hydrogen) atoms. The Morgan fingerprint density at radius 3 is 2.50 bits per heavy atom. The Morgan fingerprint density at radius 2 is 1.86 bits per heavy atom. The molecule has 0 spiro atoms. The first-order chi connectivity index (χ1) is 10.4. The lowest BCUT2D eigenvalue weighted by Crippen LogP contribution is -2.30. The summed E-state index contributed by atoms with van der Waals surface area (Å²) in [5.41, 5.74) is 2.44. The number of ether oxygens (including phenoxy) is 1. The molecule has 0 fully saturated rings. The van der Waals surface area contributed by atoms with Crippen molar-refractivity contribution in [1.29, 1.82) is 0 Å². The van der Waals surface area contributed by atoms with E-state index < -0.39 is 10.0 Å². The summed E-state index contributed by atoms with van der Waals surface area (Å²) in [5, 5.41) is 0.565. The number of benzene rings is 2. The molecule has 1 aliphatic heterocycles. The van der Waals surface area contributed by atoms with Gasteiger partial charge in [0.05, 0.1) is 17.1 Å². The highest BCUT2D eigenvalue weighted by molar-refractivity contribution is 7.92. The summed E-state index contributed by atoms with van der Waals surface area (Å²) < 4.78 is 32.6. The number of rotatable bonds is 3. The van der Waals surface area contributed by atoms with Crippen LogP contribution in [0.1, 0.15) is 17.2 Å². The Kier molecular flexibility index (Phi) is 3.89. The van der Waals surface area contributed by atoms with Crippen LogP contribution in [0.3, 0.4) is 0 Å². The molecule has 2 aromatic rings. The highest BCUT2D eigenvalue weighted by Crippen LogP contribution is 2.41. The van der Waals surface area contributed by atoms with Crippen molar-refractivity contribution in [3.63, 3.8) is 0 Å². The molecule has 1 aliphatic rings. The molecule has 0 aliphatic carbocycles. The number of aryl methyl sites for hydroxylation is 1. The second-order valence-corrected chi connectivity index (χ2v) is 7.58. The molecule has 0 amide bonds. The van der Waals surface area contributed by atoms with E-state index in [1.54, 1.807) is 49.6 Å². The number of fused-ring (bicyclic) bond motifs is 1. The number of halogens is 1. The SMILES string of the molecule is COC1CN(S(=O)(=O)c2ccc(C)cc2)c2ccc(Cl)cc21. The van der Waals surface area contributed by atoms with Gasteiger partial charge in [-0.3, -0.25) is 4.31 Å². The molecule has 1 atom stereocenters. The molecular weight excluding hydrogens is 322 g/mol. The van der Waals surface area contributed by atoms with Crippen molar-refractivity contribution in [3.8, 4) is 0 Å². The number of hydrogen-bond donors (Lipinski definition) is 0. The van der Waals surface area contributed by atoms with Gasteiger partial charge in [-0.25, -0.2) is 8.42 Å². The predicted octanol–water partition coefficient (Wildman–Crippen LogP) is 3.54. The van der Waals surface area contributed by atoms with E-state index in [0.717, 1.165) is 11.1 Å². The van der Waals surface area contributed by atoms with Gasteiger partial charge < -0.3 is 4.74 Å². The minimum atomic E-state index is -3.61. The lowest BCUT2D eigenvalue weighted by atomic mass is 10.1. The van der Waals surface area contributed by atoms with E-state index in [2.05, 4.69) is 0 Å². The van der Waals surface area contributed by atoms with Crippen LogP contribution in [0, 0.1) is 6.92 Å². The first-order valence-electron chi connectivity index (χ1n) is 6.85. The summed E-state index contributed by atoms with van der Waals surface area (Å²) in [6, 6.07) is 12.0. The fourth-order valence-electron chi connectivity index (χ4n) is 2.62. The minimum Gasteiger partial charge on any atom is -0.375 e. The molecule has 0 saturated heterocycles. The summed E-state index contributed by atoms with van der Waals surface area (Å²) in [6.45, 7) is 2.17. The van der Waals surface area contributed by atoms with Gasteiger partial charge in [-0.2, -0.15) is 0 Å². The van der Waals surface area contributed by atoms with E-state index in [9.17, 15) is 8.42 Å². The van der Waals surface area contributed by atoms with Gasteiger partial charge in [0.2, 0.25) is 0 Å². The lowest BCUT2D eigenvalue weighted by molar-refractivity contribution is 0.118. The maximum atomic E-state index is 12.9. The van der Waals surface area contributed by atoms with Crippen LogP contribution in [0.15, 0.2) is 47.4 Å². The minimum absolute atomic E-state index is 0.252. The van der Waals surface area contributed by atoms with Crippen molar-refractivity contribution in [2.45, 2.75) is 17.9 Å². The van der Waals surface area contributed by atoms with Crippen LogP contribution in [0.4, 0.5) is 5.69 Å². The van der Waals surface area contributed by atoms with E-state index in [0.29, 0.717) is 10.7 Å². The largest absolute Gasteiger partial charge is 0.375 e. The highest BCUT2D eigenvalue weighted by atomic mass is 35.5. The maximum Gasteiger partial charge on any atom is 0.264 e. The van der Waals surface area contributed by atoms with Crippen LogP contribution in [0.25, 0.3) is 0 Å². The Bertz CT molecular complexity index is 803. The molecule has 0 radical (unpaired) electrons. The molecule has 0 saturated carbocycles. The van der Waals surface area contributed by atoms with E-state index in [4.69, 9.17) is 16.3 Å². The van der Waals surface area contributed by atoms with Crippen LogP contribution < -0.4 is 4.31 Å². The normalized spacial score (nSPS) is 17.6. The average molecular weight is 338 g/mol. The number of nitrogens with zero attached hydrogens (tertiary/aromatic N) is 1. The molecule has 0 N–H and O–H groups in total. The molecular formula is C16H16ClNO3S. The molecule has 0 aromatic heterocycles. The number of methoxy groups -OCH3 is 1. The van der Waals surface area contributed by atoms with Crippen molar-refractivity contribution in [2.75, 3.05) is 18.0 Å². The van der Waals surface area contributed by atoms with Gasteiger partial charge in [0.25, 0.3) is 10.0 Å². The Labute approximate surface area is 135 Å². The lowest BCUT2D eigenvalue weighted by Gasteiger charge is -2.20. The van der Waals surface area contributed by atoms with Crippen LogP contribution in [-0.4, -0.2) is 22.1 Å². The Hall–Kier alpha value is -1.56. The fraction of sp³-hybridized carbons (Fsp3) is 0.250. The van der Waals surface area contributed by atoms with Gasteiger partial charge in [-0.1, -0.05) is 29.3 Å². The number of anilines is 1. The molecule has 6 heteroatoms. The second kappa shape index (κ2) is 5.57. The van der Waals surface area contributed by atoms with Crippen LogP contribution in [-0.2, 0) is 14.8 Å². The zero-order valence-electron chi connectivity index (χ0n) is 12.3. The van der Waals surface area contributed by atoms with Gasteiger partial charge in [-0.05, 0) is 37.3 Å². The van der Waals surface area contributed by atoms with Crippen LogP contribution in [0.2, 0.25) is 5.02 Å². The molecule has 2 aromatic carbocycles. The zero-order chi connectivity index (χ0) is 15.9. The summed E-state index contributed by atoms with van der Waals surface area (Å²) in [5.74, 6) is 0. The summed E-state index contributed by atoms with van der Waals surface area (Å²) in [6.07, 6.45) is -0.311. The molecule has 116 valence electrons. The van der Waals surface area contributed by atoms with Gasteiger partial charge in [0.1, 0.15) is 6.10 Å². The average Bonchev–Trinajstić information content (AvgIpc) is 2.86. The highest BCUT2D eigenvalue weighted by Gasteiger charge is 2.36. The number of sulfonamides is 1. The third-order valence-corrected chi connectivity index (χ3v) is 5.86. The van der Waals surface area contributed by atoms with Crippen LogP contribution >= 0.6 is 11.6 Å². The van der Waals surface area contributed by atoms with Crippen molar-refractivity contribution < 1.29 is 13.2 Å². The van der Waals surface area contributed by atoms with Gasteiger partial charge in [0.15, 0.2) is 0 Å². The van der Waals surface area contributed by atoms with E-state index in [-0.39, 0.29) is 17.5 Å². The second-order valence-electron chi connectivity index (χ2n) is 5.28. The Balaban J connectivity index is 2.08. The van der Waals surface area contributed by atoms with Gasteiger partial charge in [-0.15, -0.1) is 0 Å². The monoisotopic (exact) mass is 337 g/mol.